The van der Waals surface area contributed by atoms with Crippen LogP contribution in [0, 0.1) is 5.92 Å². The van der Waals surface area contributed by atoms with Gasteiger partial charge in [-0.15, -0.1) is 0 Å². The summed E-state index contributed by atoms with van der Waals surface area (Å²) in [5.41, 5.74) is 1.72. The Balaban J connectivity index is 1.62. The standard InChI is InChI=1S/C34H41N3O5/c1-4-5-11-22(2)30-21-31(38)36-28(20-25-16-17-26-14-9-10-15-27(26)18-25)33(40)35-23(3)32(39)37-29(34(41)42-30)19-24-12-7-6-8-13-24/h6-10,12-18,22-23,28-30H,4-5,11,19-21H2,1-3H3,(H,35,40)(H,36,38)(H,37,39)/t22-,23-,28-,29+,30+/m0/s1. The van der Waals surface area contributed by atoms with Gasteiger partial charge in [-0.2, -0.15) is 0 Å². The Morgan fingerprint density at radius 1 is 0.786 bits per heavy atom. The summed E-state index contributed by atoms with van der Waals surface area (Å²) >= 11 is 0. The summed E-state index contributed by atoms with van der Waals surface area (Å²) in [6.07, 6.45) is 2.33. The molecule has 0 saturated carbocycles. The van der Waals surface area contributed by atoms with Crippen LogP contribution < -0.4 is 16.0 Å². The molecule has 0 aromatic heterocycles. The van der Waals surface area contributed by atoms with Gasteiger partial charge < -0.3 is 20.7 Å². The number of hydrogen-bond donors (Lipinski definition) is 3. The molecule has 4 rings (SSSR count). The molecule has 0 bridgehead atoms. The number of hydrogen-bond acceptors (Lipinski definition) is 5. The number of carbonyl (C=O) groups excluding carboxylic acids is 4. The molecule has 0 unspecified atom stereocenters. The fourth-order valence-electron chi connectivity index (χ4n) is 5.27. The van der Waals surface area contributed by atoms with Gasteiger partial charge in [-0.3, -0.25) is 14.4 Å². The Labute approximate surface area is 247 Å². The largest absolute Gasteiger partial charge is 0.460 e. The number of cyclic esters (lactones) is 1. The van der Waals surface area contributed by atoms with E-state index < -0.39 is 42.0 Å². The summed E-state index contributed by atoms with van der Waals surface area (Å²) in [5.74, 6) is -2.06. The first-order valence-electron chi connectivity index (χ1n) is 14.9. The second kappa shape index (κ2) is 14.6. The second-order valence-electron chi connectivity index (χ2n) is 11.3. The minimum Gasteiger partial charge on any atom is -0.460 e. The predicted molar refractivity (Wildman–Crippen MR) is 162 cm³/mol. The molecule has 3 aromatic rings. The first-order chi connectivity index (χ1) is 20.2. The summed E-state index contributed by atoms with van der Waals surface area (Å²) < 4.78 is 5.97. The van der Waals surface area contributed by atoms with Gasteiger partial charge >= 0.3 is 5.97 Å². The molecular weight excluding hydrogens is 530 g/mol. The number of amides is 3. The van der Waals surface area contributed by atoms with Crippen molar-refractivity contribution in [2.24, 2.45) is 5.92 Å². The van der Waals surface area contributed by atoms with Gasteiger partial charge in [0.2, 0.25) is 17.7 Å². The van der Waals surface area contributed by atoms with Crippen LogP contribution in [-0.4, -0.2) is 47.9 Å². The number of rotatable bonds is 8. The molecular formula is C34H41N3O5. The highest BCUT2D eigenvalue weighted by Gasteiger charge is 2.33. The third-order valence-electron chi connectivity index (χ3n) is 7.84. The maximum Gasteiger partial charge on any atom is 0.329 e. The SMILES string of the molecule is CCCC[C@H](C)[C@H]1CC(=O)N[C@@H](Cc2ccc3ccccc3c2)C(=O)N[C@@H](C)C(=O)N[C@H](Cc2ccccc2)C(=O)O1. The molecule has 5 atom stereocenters. The lowest BCUT2D eigenvalue weighted by Gasteiger charge is -2.27. The van der Waals surface area contributed by atoms with E-state index in [1.165, 1.54) is 0 Å². The molecule has 42 heavy (non-hydrogen) atoms. The van der Waals surface area contributed by atoms with Crippen LogP contribution in [0.15, 0.2) is 72.8 Å². The van der Waals surface area contributed by atoms with Crippen molar-refractivity contribution in [2.75, 3.05) is 0 Å². The van der Waals surface area contributed by atoms with E-state index in [-0.39, 0.29) is 31.1 Å². The van der Waals surface area contributed by atoms with E-state index in [1.54, 1.807) is 6.92 Å². The van der Waals surface area contributed by atoms with Crippen LogP contribution in [-0.2, 0) is 36.8 Å². The van der Waals surface area contributed by atoms with Crippen LogP contribution >= 0.6 is 0 Å². The summed E-state index contributed by atoms with van der Waals surface area (Å²) in [6, 6.07) is 20.3. The minimum atomic E-state index is -0.975. The van der Waals surface area contributed by atoms with Crippen LogP contribution in [0.4, 0.5) is 0 Å². The van der Waals surface area contributed by atoms with Crippen molar-refractivity contribution in [3.8, 4) is 0 Å². The average molecular weight is 572 g/mol. The summed E-state index contributed by atoms with van der Waals surface area (Å²) in [5, 5.41) is 10.5. The Morgan fingerprint density at radius 3 is 2.21 bits per heavy atom. The Morgan fingerprint density at radius 2 is 1.48 bits per heavy atom. The lowest BCUT2D eigenvalue weighted by atomic mass is 9.95. The zero-order valence-corrected chi connectivity index (χ0v) is 24.6. The van der Waals surface area contributed by atoms with Crippen molar-refractivity contribution in [2.45, 2.75) is 83.5 Å². The Kier molecular flexibility index (Phi) is 10.7. The lowest BCUT2D eigenvalue weighted by molar-refractivity contribution is -0.157. The Bertz CT molecular complexity index is 1390. The molecule has 3 amide bonds. The zero-order chi connectivity index (χ0) is 30.1. The smallest absolute Gasteiger partial charge is 0.329 e. The number of fused-ring (bicyclic) bond motifs is 1. The fraction of sp³-hybridized carbons (Fsp3) is 0.412. The van der Waals surface area contributed by atoms with Crippen molar-refractivity contribution < 1.29 is 23.9 Å². The van der Waals surface area contributed by atoms with E-state index in [4.69, 9.17) is 4.74 Å². The molecule has 1 heterocycles. The molecule has 8 heteroatoms. The van der Waals surface area contributed by atoms with Gasteiger partial charge in [-0.1, -0.05) is 99.5 Å². The lowest BCUT2D eigenvalue weighted by Crippen LogP contribution is -2.55. The van der Waals surface area contributed by atoms with Gasteiger partial charge in [0.15, 0.2) is 0 Å². The summed E-state index contributed by atoms with van der Waals surface area (Å²) in [7, 11) is 0. The van der Waals surface area contributed by atoms with E-state index in [9.17, 15) is 19.2 Å². The quantitative estimate of drug-likeness (QED) is 0.350. The van der Waals surface area contributed by atoms with Gasteiger partial charge in [0, 0.05) is 12.8 Å². The number of esters is 1. The highest BCUT2D eigenvalue weighted by Crippen LogP contribution is 2.21. The molecule has 0 spiro atoms. The molecule has 0 radical (unpaired) electrons. The molecule has 3 N–H and O–H groups in total. The van der Waals surface area contributed by atoms with Crippen molar-refractivity contribution >= 4 is 34.5 Å². The Hall–Kier alpha value is -4.20. The highest BCUT2D eigenvalue weighted by molar-refractivity contribution is 5.94. The third kappa shape index (κ3) is 8.41. The third-order valence-corrected chi connectivity index (χ3v) is 7.84. The van der Waals surface area contributed by atoms with Crippen molar-refractivity contribution in [3.05, 3.63) is 83.9 Å². The van der Waals surface area contributed by atoms with Crippen LogP contribution in [0.25, 0.3) is 10.8 Å². The first kappa shape index (κ1) is 30.8. The monoisotopic (exact) mass is 571 g/mol. The molecule has 222 valence electrons. The minimum absolute atomic E-state index is 0.0837. The molecule has 1 fully saturated rings. The summed E-state index contributed by atoms with van der Waals surface area (Å²) in [4.78, 5) is 53.6. The zero-order valence-electron chi connectivity index (χ0n) is 24.6. The van der Waals surface area contributed by atoms with Crippen LogP contribution in [0.5, 0.6) is 0 Å². The first-order valence-corrected chi connectivity index (χ1v) is 14.9. The van der Waals surface area contributed by atoms with Gasteiger partial charge in [0.25, 0.3) is 0 Å². The number of carbonyl (C=O) groups is 4. The predicted octanol–water partition coefficient (Wildman–Crippen LogP) is 4.24. The number of unbranched alkanes of at least 4 members (excludes halogenated alkanes) is 1. The molecule has 1 aliphatic heterocycles. The van der Waals surface area contributed by atoms with Crippen LogP contribution in [0.1, 0.15) is 57.6 Å². The fourth-order valence-corrected chi connectivity index (χ4v) is 5.27. The molecule has 1 saturated heterocycles. The highest BCUT2D eigenvalue weighted by atomic mass is 16.5. The van der Waals surface area contributed by atoms with Crippen molar-refractivity contribution in [3.63, 3.8) is 0 Å². The second-order valence-corrected chi connectivity index (χ2v) is 11.3. The molecule has 0 aliphatic carbocycles. The van der Waals surface area contributed by atoms with E-state index in [0.29, 0.717) is 0 Å². The van der Waals surface area contributed by atoms with E-state index in [0.717, 1.165) is 41.2 Å². The normalized spacial score (nSPS) is 22.9. The maximum absolute atomic E-state index is 13.5. The van der Waals surface area contributed by atoms with Gasteiger partial charge in [0.1, 0.15) is 24.2 Å². The molecule has 8 nitrogen and oxygen atoms in total. The van der Waals surface area contributed by atoms with E-state index >= 15 is 0 Å². The molecule has 3 aromatic carbocycles. The number of benzene rings is 3. The maximum atomic E-state index is 13.5. The van der Waals surface area contributed by atoms with E-state index in [1.807, 2.05) is 79.7 Å². The van der Waals surface area contributed by atoms with Crippen molar-refractivity contribution in [1.29, 1.82) is 0 Å². The van der Waals surface area contributed by atoms with Crippen molar-refractivity contribution in [1.82, 2.24) is 16.0 Å². The number of ether oxygens (including phenoxy) is 1. The topological polar surface area (TPSA) is 114 Å². The van der Waals surface area contributed by atoms with Gasteiger partial charge in [-0.25, -0.2) is 4.79 Å². The van der Waals surface area contributed by atoms with Crippen LogP contribution in [0.3, 0.4) is 0 Å². The molecule has 1 aliphatic rings. The van der Waals surface area contributed by atoms with Gasteiger partial charge in [-0.05, 0) is 41.2 Å². The average Bonchev–Trinajstić information content (AvgIpc) is 2.99. The van der Waals surface area contributed by atoms with E-state index in [2.05, 4.69) is 22.9 Å². The van der Waals surface area contributed by atoms with Crippen LogP contribution in [0.2, 0.25) is 0 Å². The number of nitrogens with one attached hydrogen (secondary N) is 3. The van der Waals surface area contributed by atoms with Gasteiger partial charge in [0.05, 0.1) is 6.42 Å². The summed E-state index contributed by atoms with van der Waals surface area (Å²) in [6.45, 7) is 5.60.